The van der Waals surface area contributed by atoms with Gasteiger partial charge in [-0.25, -0.2) is 0 Å². The zero-order valence-corrected chi connectivity index (χ0v) is 13.7. The van der Waals surface area contributed by atoms with Crippen molar-refractivity contribution < 1.29 is 9.90 Å². The minimum absolute atomic E-state index is 0.0454. The summed E-state index contributed by atoms with van der Waals surface area (Å²) in [5.74, 6) is -0.0454. The molecule has 2 fully saturated rings. The number of hydrogen-bond acceptors (Lipinski definition) is 4. The summed E-state index contributed by atoms with van der Waals surface area (Å²) in [5, 5.41) is 14.9. The second-order valence-corrected chi connectivity index (χ2v) is 6.92. The van der Waals surface area contributed by atoms with Crippen molar-refractivity contribution in [2.75, 3.05) is 13.1 Å². The number of β-amino-alcohol motifs (C(OH)–C–C–N with tert-alkyl or cyclic N) is 1. The van der Waals surface area contributed by atoms with Crippen LogP contribution in [0.5, 0.6) is 0 Å². The highest BCUT2D eigenvalue weighted by molar-refractivity contribution is 6.06. The van der Waals surface area contributed by atoms with Crippen LogP contribution in [-0.4, -0.2) is 52.2 Å². The van der Waals surface area contributed by atoms with Crippen LogP contribution in [0.15, 0.2) is 36.7 Å². The van der Waals surface area contributed by atoms with Gasteiger partial charge in [0.2, 0.25) is 0 Å². The number of rotatable bonds is 3. The molecule has 1 saturated heterocycles. The van der Waals surface area contributed by atoms with Crippen LogP contribution in [0.1, 0.15) is 36.0 Å². The first-order chi connectivity index (χ1) is 11.7. The molecule has 2 aromatic rings. The molecule has 3 atom stereocenters. The van der Waals surface area contributed by atoms with E-state index in [0.717, 1.165) is 49.5 Å². The van der Waals surface area contributed by atoms with Gasteiger partial charge in [0.15, 0.2) is 0 Å². The van der Waals surface area contributed by atoms with E-state index in [2.05, 4.69) is 15.2 Å². The monoisotopic (exact) mass is 325 g/mol. The predicted octanol–water partition coefficient (Wildman–Crippen LogP) is 1.95. The lowest BCUT2D eigenvalue weighted by Gasteiger charge is -2.29. The second kappa shape index (κ2) is 6.49. The molecular formula is C19H23N3O2. The number of nitrogens with one attached hydrogen (secondary N) is 1. The summed E-state index contributed by atoms with van der Waals surface area (Å²) in [7, 11) is 0. The van der Waals surface area contributed by atoms with Gasteiger partial charge >= 0.3 is 0 Å². The van der Waals surface area contributed by atoms with Crippen molar-refractivity contribution in [2.24, 2.45) is 0 Å². The van der Waals surface area contributed by atoms with Crippen molar-refractivity contribution >= 4 is 16.7 Å². The number of carbonyl (C=O) groups excluding carboxylic acids is 1. The maximum absolute atomic E-state index is 12.8. The zero-order valence-electron chi connectivity index (χ0n) is 13.7. The Bertz CT molecular complexity index is 743. The minimum Gasteiger partial charge on any atom is -0.392 e. The molecule has 126 valence electrons. The zero-order chi connectivity index (χ0) is 16.5. The van der Waals surface area contributed by atoms with E-state index in [0.29, 0.717) is 11.6 Å². The Morgan fingerprint density at radius 3 is 2.92 bits per heavy atom. The lowest BCUT2D eigenvalue weighted by molar-refractivity contribution is 0.0907. The second-order valence-electron chi connectivity index (χ2n) is 6.92. The fourth-order valence-corrected chi connectivity index (χ4v) is 4.16. The third-order valence-electron chi connectivity index (χ3n) is 5.37. The Morgan fingerprint density at radius 2 is 2.08 bits per heavy atom. The molecule has 1 saturated carbocycles. The third-order valence-corrected chi connectivity index (χ3v) is 5.37. The average Bonchev–Trinajstić information content (AvgIpc) is 3.23. The number of benzene rings is 1. The minimum atomic E-state index is -0.218. The van der Waals surface area contributed by atoms with Gasteiger partial charge in [-0.3, -0.25) is 14.7 Å². The van der Waals surface area contributed by atoms with Crippen LogP contribution in [0, 0.1) is 0 Å². The van der Waals surface area contributed by atoms with Gasteiger partial charge < -0.3 is 10.4 Å². The van der Waals surface area contributed by atoms with Gasteiger partial charge in [0.1, 0.15) is 0 Å². The van der Waals surface area contributed by atoms with Crippen LogP contribution < -0.4 is 5.32 Å². The topological polar surface area (TPSA) is 65.5 Å². The fourth-order valence-electron chi connectivity index (χ4n) is 4.16. The molecule has 24 heavy (non-hydrogen) atoms. The summed E-state index contributed by atoms with van der Waals surface area (Å²) in [5.41, 5.74) is 0.639. The van der Waals surface area contributed by atoms with Crippen molar-refractivity contribution in [1.29, 1.82) is 0 Å². The van der Waals surface area contributed by atoms with E-state index in [9.17, 15) is 9.90 Å². The van der Waals surface area contributed by atoms with E-state index < -0.39 is 0 Å². The molecule has 5 heteroatoms. The molecule has 1 amide bonds. The van der Waals surface area contributed by atoms with Gasteiger partial charge in [-0.2, -0.15) is 0 Å². The Kier molecular flexibility index (Phi) is 4.21. The summed E-state index contributed by atoms with van der Waals surface area (Å²) in [6.45, 7) is 1.65. The molecule has 0 radical (unpaired) electrons. The number of aromatic nitrogens is 1. The molecule has 0 bridgehead atoms. The number of pyridine rings is 1. The first-order valence-electron chi connectivity index (χ1n) is 8.78. The molecule has 0 spiro atoms. The summed E-state index contributed by atoms with van der Waals surface area (Å²) < 4.78 is 0. The molecule has 2 aliphatic rings. The number of aliphatic hydroxyl groups is 1. The van der Waals surface area contributed by atoms with Gasteiger partial charge in [0, 0.05) is 43.0 Å². The highest BCUT2D eigenvalue weighted by Gasteiger charge is 2.36. The number of aliphatic hydroxyl groups excluding tert-OH is 1. The SMILES string of the molecule is O=C(N[C@@H]1CCC[C@@H]1N1CCC(O)C1)c1cncc2ccccc12. The molecular weight excluding hydrogens is 302 g/mol. The van der Waals surface area contributed by atoms with Crippen molar-refractivity contribution in [3.8, 4) is 0 Å². The number of hydrogen-bond donors (Lipinski definition) is 2. The molecule has 4 rings (SSSR count). The van der Waals surface area contributed by atoms with E-state index >= 15 is 0 Å². The van der Waals surface area contributed by atoms with E-state index in [1.54, 1.807) is 12.4 Å². The molecule has 1 aromatic carbocycles. The molecule has 2 N–H and O–H groups in total. The summed E-state index contributed by atoms with van der Waals surface area (Å²) in [6.07, 6.45) is 7.27. The molecule has 1 aromatic heterocycles. The van der Waals surface area contributed by atoms with E-state index in [1.165, 1.54) is 0 Å². The van der Waals surface area contributed by atoms with E-state index in [4.69, 9.17) is 0 Å². The van der Waals surface area contributed by atoms with Crippen molar-refractivity contribution in [2.45, 2.75) is 43.9 Å². The molecule has 2 heterocycles. The van der Waals surface area contributed by atoms with Crippen LogP contribution in [0.3, 0.4) is 0 Å². The standard InChI is InChI=1S/C19H23N3O2/c23-14-8-9-22(12-14)18-7-3-6-17(18)21-19(24)16-11-20-10-13-4-1-2-5-15(13)16/h1-2,4-5,10-11,14,17-18,23H,3,6-9,12H2,(H,21,24)/t14?,17-,18+/m1/s1. The summed E-state index contributed by atoms with van der Waals surface area (Å²) in [4.78, 5) is 19.4. The Morgan fingerprint density at radius 1 is 1.21 bits per heavy atom. The third kappa shape index (κ3) is 2.89. The van der Waals surface area contributed by atoms with Crippen molar-refractivity contribution in [3.63, 3.8) is 0 Å². The quantitative estimate of drug-likeness (QED) is 0.905. The van der Waals surface area contributed by atoms with Gasteiger partial charge in [-0.15, -0.1) is 0 Å². The largest absolute Gasteiger partial charge is 0.392 e. The maximum atomic E-state index is 12.8. The van der Waals surface area contributed by atoms with Crippen molar-refractivity contribution in [1.82, 2.24) is 15.2 Å². The smallest absolute Gasteiger partial charge is 0.253 e. The Labute approximate surface area is 141 Å². The number of amides is 1. The molecule has 1 unspecified atom stereocenters. The number of fused-ring (bicyclic) bond motifs is 1. The molecule has 1 aliphatic carbocycles. The van der Waals surface area contributed by atoms with Crippen LogP contribution in [0.2, 0.25) is 0 Å². The van der Waals surface area contributed by atoms with Gasteiger partial charge in [0.25, 0.3) is 5.91 Å². The van der Waals surface area contributed by atoms with Gasteiger partial charge in [-0.05, 0) is 31.1 Å². The van der Waals surface area contributed by atoms with Crippen LogP contribution in [-0.2, 0) is 0 Å². The fraction of sp³-hybridized carbons (Fsp3) is 0.474. The van der Waals surface area contributed by atoms with E-state index in [1.807, 2.05) is 24.3 Å². The molecule has 1 aliphatic heterocycles. The number of likely N-dealkylation sites (tertiary alicyclic amines) is 1. The average molecular weight is 325 g/mol. The lowest BCUT2D eigenvalue weighted by atomic mass is 10.1. The Hall–Kier alpha value is -1.98. The first-order valence-corrected chi connectivity index (χ1v) is 8.78. The van der Waals surface area contributed by atoms with E-state index in [-0.39, 0.29) is 18.1 Å². The van der Waals surface area contributed by atoms with Gasteiger partial charge in [0.05, 0.1) is 11.7 Å². The van der Waals surface area contributed by atoms with Crippen molar-refractivity contribution in [3.05, 3.63) is 42.2 Å². The molecule has 5 nitrogen and oxygen atoms in total. The lowest BCUT2D eigenvalue weighted by Crippen LogP contribution is -2.48. The van der Waals surface area contributed by atoms with Crippen LogP contribution in [0.25, 0.3) is 10.8 Å². The first kappa shape index (κ1) is 15.5. The highest BCUT2D eigenvalue weighted by Crippen LogP contribution is 2.28. The maximum Gasteiger partial charge on any atom is 0.253 e. The highest BCUT2D eigenvalue weighted by atomic mass is 16.3. The number of nitrogens with zero attached hydrogens (tertiary/aromatic N) is 2. The Balaban J connectivity index is 1.52. The predicted molar refractivity (Wildman–Crippen MR) is 92.8 cm³/mol. The number of carbonyl (C=O) groups is 1. The van der Waals surface area contributed by atoms with Gasteiger partial charge in [-0.1, -0.05) is 24.3 Å². The van der Waals surface area contributed by atoms with Crippen LogP contribution in [0.4, 0.5) is 0 Å². The normalized spacial score (nSPS) is 27.6. The summed E-state index contributed by atoms with van der Waals surface area (Å²) in [6, 6.07) is 8.34. The summed E-state index contributed by atoms with van der Waals surface area (Å²) >= 11 is 0. The van der Waals surface area contributed by atoms with Crippen LogP contribution >= 0.6 is 0 Å².